The normalized spacial score (nSPS) is 12.0. The fourth-order valence-corrected chi connectivity index (χ4v) is 2.46. The van der Waals surface area contributed by atoms with Crippen molar-refractivity contribution in [2.45, 2.75) is 52.8 Å². The van der Waals surface area contributed by atoms with Gasteiger partial charge in [-0.05, 0) is 52.8 Å². The summed E-state index contributed by atoms with van der Waals surface area (Å²) in [5, 5.41) is 2.38. The molecule has 1 aromatic rings. The maximum atomic E-state index is 12.5. The molecule has 0 fully saturated rings. The van der Waals surface area contributed by atoms with E-state index in [0.29, 0.717) is 5.69 Å². The number of primary amides is 1. The van der Waals surface area contributed by atoms with E-state index in [0.717, 1.165) is 0 Å². The lowest BCUT2D eigenvalue weighted by Gasteiger charge is -2.32. The Bertz CT molecular complexity index is 606. The zero-order valence-corrected chi connectivity index (χ0v) is 14.7. The van der Waals surface area contributed by atoms with E-state index in [1.54, 1.807) is 24.0 Å². The second kappa shape index (κ2) is 8.33. The summed E-state index contributed by atoms with van der Waals surface area (Å²) >= 11 is 0. The number of nitrogens with zero attached hydrogens (tertiary/aromatic N) is 1. The minimum Gasteiger partial charge on any atom is -0.449 e. The van der Waals surface area contributed by atoms with Gasteiger partial charge in [0.1, 0.15) is 0 Å². The smallest absolute Gasteiger partial charge is 0.338 e. The van der Waals surface area contributed by atoms with Crippen LogP contribution in [0.3, 0.4) is 0 Å². The molecule has 0 aliphatic heterocycles. The van der Waals surface area contributed by atoms with E-state index >= 15 is 0 Å². The van der Waals surface area contributed by atoms with Gasteiger partial charge in [0.15, 0.2) is 6.10 Å². The topological polar surface area (TPSA) is 102 Å². The van der Waals surface area contributed by atoms with Gasteiger partial charge >= 0.3 is 12.0 Å². The van der Waals surface area contributed by atoms with Gasteiger partial charge in [-0.25, -0.2) is 9.59 Å². The minimum absolute atomic E-state index is 0.00162. The Balaban J connectivity index is 2.83. The van der Waals surface area contributed by atoms with Gasteiger partial charge in [-0.15, -0.1) is 0 Å². The van der Waals surface area contributed by atoms with Crippen molar-refractivity contribution in [1.29, 1.82) is 0 Å². The highest BCUT2D eigenvalue weighted by Crippen LogP contribution is 2.14. The lowest BCUT2D eigenvalue weighted by atomic mass is 10.2. The number of anilines is 1. The SMILES string of the molecule is CC(OC(=O)c1cccc(NC(N)=O)c1)C(=O)N(C(C)C)C(C)C. The Morgan fingerprint density at radius 2 is 1.67 bits per heavy atom. The molecule has 0 aliphatic carbocycles. The predicted octanol–water partition coefficient (Wildman–Crippen LogP) is 2.37. The summed E-state index contributed by atoms with van der Waals surface area (Å²) < 4.78 is 5.27. The van der Waals surface area contributed by atoms with Crippen LogP contribution < -0.4 is 11.1 Å². The van der Waals surface area contributed by atoms with Crippen LogP contribution in [-0.4, -0.2) is 41.0 Å². The molecule has 0 saturated carbocycles. The number of hydrogen-bond donors (Lipinski definition) is 2. The lowest BCUT2D eigenvalue weighted by Crippen LogP contribution is -2.47. The molecule has 7 heteroatoms. The van der Waals surface area contributed by atoms with Crippen LogP contribution in [0, 0.1) is 0 Å². The third kappa shape index (κ3) is 5.26. The zero-order valence-electron chi connectivity index (χ0n) is 14.7. The van der Waals surface area contributed by atoms with Crippen molar-refractivity contribution in [2.75, 3.05) is 5.32 Å². The highest BCUT2D eigenvalue weighted by atomic mass is 16.5. The second-order valence-electron chi connectivity index (χ2n) is 6.05. The van der Waals surface area contributed by atoms with Crippen LogP contribution in [-0.2, 0) is 9.53 Å². The molecule has 1 atom stereocenters. The van der Waals surface area contributed by atoms with Gasteiger partial charge in [-0.1, -0.05) is 6.07 Å². The summed E-state index contributed by atoms with van der Waals surface area (Å²) in [4.78, 5) is 37.2. The molecule has 7 nitrogen and oxygen atoms in total. The highest BCUT2D eigenvalue weighted by Gasteiger charge is 2.28. The molecule has 0 spiro atoms. The number of carbonyl (C=O) groups is 3. The largest absolute Gasteiger partial charge is 0.449 e. The Kier molecular flexibility index (Phi) is 6.76. The molecule has 1 unspecified atom stereocenters. The van der Waals surface area contributed by atoms with E-state index < -0.39 is 18.1 Å². The number of esters is 1. The number of amides is 3. The van der Waals surface area contributed by atoms with Crippen LogP contribution >= 0.6 is 0 Å². The van der Waals surface area contributed by atoms with Crippen molar-refractivity contribution in [3.63, 3.8) is 0 Å². The lowest BCUT2D eigenvalue weighted by molar-refractivity contribution is -0.143. The number of nitrogens with two attached hydrogens (primary N) is 1. The molecule has 0 heterocycles. The minimum atomic E-state index is -0.907. The Hall–Kier alpha value is -2.57. The molecule has 3 amide bonds. The molecular weight excluding hydrogens is 310 g/mol. The molecule has 0 saturated heterocycles. The number of carbonyl (C=O) groups excluding carboxylic acids is 3. The van der Waals surface area contributed by atoms with Crippen LogP contribution in [0.4, 0.5) is 10.5 Å². The third-order valence-corrected chi connectivity index (χ3v) is 3.36. The van der Waals surface area contributed by atoms with Crippen LogP contribution in [0.15, 0.2) is 24.3 Å². The van der Waals surface area contributed by atoms with Gasteiger partial charge in [0.25, 0.3) is 5.91 Å². The second-order valence-corrected chi connectivity index (χ2v) is 6.05. The maximum absolute atomic E-state index is 12.5. The van der Waals surface area contributed by atoms with E-state index in [4.69, 9.17) is 10.5 Å². The summed E-state index contributed by atoms with van der Waals surface area (Å²) in [6, 6.07) is 5.43. The van der Waals surface area contributed by atoms with Gasteiger partial charge in [-0.2, -0.15) is 0 Å². The molecule has 132 valence electrons. The molecule has 0 radical (unpaired) electrons. The average molecular weight is 335 g/mol. The van der Waals surface area contributed by atoms with Crippen molar-refractivity contribution in [2.24, 2.45) is 5.73 Å². The first-order valence-corrected chi connectivity index (χ1v) is 7.83. The van der Waals surface area contributed by atoms with E-state index in [1.165, 1.54) is 12.1 Å². The summed E-state index contributed by atoms with van der Waals surface area (Å²) in [5.41, 5.74) is 5.65. The van der Waals surface area contributed by atoms with Crippen molar-refractivity contribution >= 4 is 23.6 Å². The molecule has 1 aromatic carbocycles. The van der Waals surface area contributed by atoms with E-state index in [9.17, 15) is 14.4 Å². The number of hydrogen-bond acceptors (Lipinski definition) is 4. The number of rotatable bonds is 6. The van der Waals surface area contributed by atoms with Crippen molar-refractivity contribution in [3.05, 3.63) is 29.8 Å². The van der Waals surface area contributed by atoms with Crippen molar-refractivity contribution < 1.29 is 19.1 Å². The van der Waals surface area contributed by atoms with E-state index in [-0.39, 0.29) is 23.6 Å². The predicted molar refractivity (Wildman–Crippen MR) is 91.6 cm³/mol. The molecule has 0 aromatic heterocycles. The molecule has 0 bridgehead atoms. The van der Waals surface area contributed by atoms with Crippen molar-refractivity contribution in [1.82, 2.24) is 4.90 Å². The van der Waals surface area contributed by atoms with E-state index in [2.05, 4.69) is 5.32 Å². The number of ether oxygens (including phenoxy) is 1. The fourth-order valence-electron chi connectivity index (χ4n) is 2.46. The summed E-state index contributed by atoms with van der Waals surface area (Å²) in [6.45, 7) is 9.18. The van der Waals surface area contributed by atoms with Crippen molar-refractivity contribution in [3.8, 4) is 0 Å². The summed E-state index contributed by atoms with van der Waals surface area (Å²) in [5.74, 6) is -0.892. The molecule has 1 rings (SSSR count). The molecule has 0 aliphatic rings. The number of nitrogens with one attached hydrogen (secondary N) is 1. The first kappa shape index (κ1) is 19.5. The molecule has 24 heavy (non-hydrogen) atoms. The monoisotopic (exact) mass is 335 g/mol. The number of urea groups is 1. The molecular formula is C17H25N3O4. The van der Waals surface area contributed by atoms with Gasteiger partial charge < -0.3 is 20.7 Å². The van der Waals surface area contributed by atoms with Crippen LogP contribution in [0.25, 0.3) is 0 Å². The summed E-state index contributed by atoms with van der Waals surface area (Å²) in [7, 11) is 0. The maximum Gasteiger partial charge on any atom is 0.338 e. The quantitative estimate of drug-likeness (QED) is 0.779. The average Bonchev–Trinajstić information content (AvgIpc) is 2.45. The van der Waals surface area contributed by atoms with Gasteiger partial charge in [0.2, 0.25) is 0 Å². The van der Waals surface area contributed by atoms with Crippen LogP contribution in [0.1, 0.15) is 45.0 Å². The molecule has 3 N–H and O–H groups in total. The highest BCUT2D eigenvalue weighted by molar-refractivity contribution is 5.95. The summed E-state index contributed by atoms with van der Waals surface area (Å²) in [6.07, 6.45) is -0.907. The zero-order chi connectivity index (χ0) is 18.4. The van der Waals surface area contributed by atoms with Crippen LogP contribution in [0.5, 0.6) is 0 Å². The van der Waals surface area contributed by atoms with E-state index in [1.807, 2.05) is 27.7 Å². The van der Waals surface area contributed by atoms with Gasteiger partial charge in [0, 0.05) is 17.8 Å². The van der Waals surface area contributed by atoms with Gasteiger partial charge in [0.05, 0.1) is 5.56 Å². The first-order chi connectivity index (χ1) is 11.1. The Morgan fingerprint density at radius 1 is 1.08 bits per heavy atom. The third-order valence-electron chi connectivity index (χ3n) is 3.36. The van der Waals surface area contributed by atoms with Crippen LogP contribution in [0.2, 0.25) is 0 Å². The fraction of sp³-hybridized carbons (Fsp3) is 0.471. The Labute approximate surface area is 142 Å². The number of benzene rings is 1. The first-order valence-electron chi connectivity index (χ1n) is 7.83. The Morgan fingerprint density at radius 3 is 2.17 bits per heavy atom. The van der Waals surface area contributed by atoms with Gasteiger partial charge in [-0.3, -0.25) is 4.79 Å². The standard InChI is InChI=1S/C17H25N3O4/c1-10(2)20(11(3)4)15(21)12(5)24-16(22)13-7-6-8-14(9-13)19-17(18)23/h6-12H,1-5H3,(H3,18,19,23).